The maximum atomic E-state index is 12.7. The van der Waals surface area contributed by atoms with Crippen molar-refractivity contribution in [2.24, 2.45) is 5.73 Å². The van der Waals surface area contributed by atoms with Crippen LogP contribution in [-0.4, -0.2) is 30.0 Å². The summed E-state index contributed by atoms with van der Waals surface area (Å²) in [5.74, 6) is -0.0476. The van der Waals surface area contributed by atoms with E-state index >= 15 is 0 Å². The monoisotopic (exact) mass is 285 g/mol. The van der Waals surface area contributed by atoms with Crippen LogP contribution < -0.4 is 16.4 Å². The lowest BCUT2D eigenvalue weighted by Crippen LogP contribution is -2.46. The third kappa shape index (κ3) is 5.60. The van der Waals surface area contributed by atoms with E-state index in [-0.39, 0.29) is 11.7 Å². The molecule has 0 aromatic heterocycles. The van der Waals surface area contributed by atoms with E-state index in [0.29, 0.717) is 17.9 Å². The minimum absolute atomic E-state index is 0.376. The van der Waals surface area contributed by atoms with Crippen LogP contribution in [0.1, 0.15) is 6.42 Å². The van der Waals surface area contributed by atoms with Gasteiger partial charge >= 0.3 is 6.03 Å². The molecule has 1 atom stereocenters. The Bertz CT molecular complexity index is 439. The predicted octanol–water partition coefficient (Wildman–Crippen LogP) is 1.55. The van der Waals surface area contributed by atoms with Gasteiger partial charge in [-0.25, -0.2) is 9.18 Å². The zero-order valence-electron chi connectivity index (χ0n) is 10.5. The number of benzene rings is 1. The number of nitrogens with one attached hydrogen (secondary N) is 2. The maximum Gasteiger partial charge on any atom is 0.312 e. The molecule has 5 nitrogen and oxygen atoms in total. The number of amides is 3. The molecular weight excluding hydrogens is 269 g/mol. The van der Waals surface area contributed by atoms with Gasteiger partial charge in [0.15, 0.2) is 0 Å². The molecule has 0 unspecified atom stereocenters. The van der Waals surface area contributed by atoms with Gasteiger partial charge in [0.25, 0.3) is 0 Å². The first kappa shape index (κ1) is 15.3. The van der Waals surface area contributed by atoms with Crippen molar-refractivity contribution >= 4 is 29.4 Å². The molecule has 0 saturated heterocycles. The second-order valence-electron chi connectivity index (χ2n) is 3.84. The highest BCUT2D eigenvalue weighted by Gasteiger charge is 2.19. The Labute approximate surface area is 115 Å². The lowest BCUT2D eigenvalue weighted by Gasteiger charge is -2.16. The first-order valence-corrected chi connectivity index (χ1v) is 7.03. The van der Waals surface area contributed by atoms with E-state index in [4.69, 9.17) is 5.73 Å². The topological polar surface area (TPSA) is 84.2 Å². The van der Waals surface area contributed by atoms with Crippen LogP contribution in [0, 0.1) is 5.82 Å². The Kier molecular flexibility index (Phi) is 6.14. The standard InChI is InChI=1S/C12H16FN3O2S/c1-19-7-6-10(16-12(14)18)11(17)15-9-4-2-8(13)3-5-9/h2-5,10H,6-7H2,1H3,(H,15,17)(H3,14,16,18)/t10-/m0/s1. The maximum absolute atomic E-state index is 12.7. The van der Waals surface area contributed by atoms with Crippen molar-refractivity contribution in [3.05, 3.63) is 30.1 Å². The molecule has 0 heterocycles. The molecule has 0 spiro atoms. The predicted molar refractivity (Wildman–Crippen MR) is 74.5 cm³/mol. The molecule has 1 aromatic carbocycles. The van der Waals surface area contributed by atoms with E-state index in [1.165, 1.54) is 24.3 Å². The smallest absolute Gasteiger partial charge is 0.312 e. The number of carbonyl (C=O) groups excluding carboxylic acids is 2. The fourth-order valence-corrected chi connectivity index (χ4v) is 1.91. The van der Waals surface area contributed by atoms with Crippen molar-refractivity contribution in [1.29, 1.82) is 0 Å². The number of halogens is 1. The number of anilines is 1. The summed E-state index contributed by atoms with van der Waals surface area (Å²) < 4.78 is 12.7. The summed E-state index contributed by atoms with van der Waals surface area (Å²) in [5, 5.41) is 4.98. The van der Waals surface area contributed by atoms with Crippen LogP contribution in [0.2, 0.25) is 0 Å². The zero-order valence-corrected chi connectivity index (χ0v) is 11.3. The Hall–Kier alpha value is -1.76. The van der Waals surface area contributed by atoms with Crippen molar-refractivity contribution in [2.45, 2.75) is 12.5 Å². The van der Waals surface area contributed by atoms with Gasteiger partial charge in [0.2, 0.25) is 5.91 Å². The quantitative estimate of drug-likeness (QED) is 0.741. The SMILES string of the molecule is CSCC[C@H](NC(N)=O)C(=O)Nc1ccc(F)cc1. The van der Waals surface area contributed by atoms with E-state index in [0.717, 1.165) is 0 Å². The second kappa shape index (κ2) is 7.63. The van der Waals surface area contributed by atoms with Gasteiger partial charge in [-0.05, 0) is 42.7 Å². The van der Waals surface area contributed by atoms with Crippen LogP contribution in [0.25, 0.3) is 0 Å². The summed E-state index contributed by atoms with van der Waals surface area (Å²) in [4.78, 5) is 22.8. The number of nitrogens with two attached hydrogens (primary N) is 1. The average molecular weight is 285 g/mol. The number of hydrogen-bond donors (Lipinski definition) is 3. The third-order valence-electron chi connectivity index (χ3n) is 2.36. The van der Waals surface area contributed by atoms with Gasteiger partial charge in [-0.3, -0.25) is 4.79 Å². The Morgan fingerprint density at radius 1 is 1.37 bits per heavy atom. The van der Waals surface area contributed by atoms with Gasteiger partial charge < -0.3 is 16.4 Å². The minimum Gasteiger partial charge on any atom is -0.352 e. The Morgan fingerprint density at radius 2 is 2.00 bits per heavy atom. The fraction of sp³-hybridized carbons (Fsp3) is 0.333. The molecule has 104 valence electrons. The molecule has 7 heteroatoms. The summed E-state index contributed by atoms with van der Waals surface area (Å²) in [6.07, 6.45) is 2.37. The molecule has 3 amide bonds. The second-order valence-corrected chi connectivity index (χ2v) is 4.82. The summed E-state index contributed by atoms with van der Waals surface area (Å²) in [6, 6.07) is 3.93. The van der Waals surface area contributed by atoms with Gasteiger partial charge in [0.05, 0.1) is 0 Å². The van der Waals surface area contributed by atoms with E-state index in [1.807, 2.05) is 6.26 Å². The zero-order chi connectivity index (χ0) is 14.3. The van der Waals surface area contributed by atoms with E-state index < -0.39 is 12.1 Å². The van der Waals surface area contributed by atoms with Crippen LogP contribution in [0.3, 0.4) is 0 Å². The largest absolute Gasteiger partial charge is 0.352 e. The highest BCUT2D eigenvalue weighted by Crippen LogP contribution is 2.10. The average Bonchev–Trinajstić information content (AvgIpc) is 2.36. The number of primary amides is 1. The molecule has 0 bridgehead atoms. The number of rotatable bonds is 6. The number of urea groups is 1. The van der Waals surface area contributed by atoms with Crippen LogP contribution in [0.15, 0.2) is 24.3 Å². The highest BCUT2D eigenvalue weighted by atomic mass is 32.2. The van der Waals surface area contributed by atoms with Crippen molar-refractivity contribution in [3.8, 4) is 0 Å². The Balaban J connectivity index is 2.64. The first-order chi connectivity index (χ1) is 9.02. The molecule has 0 aliphatic heterocycles. The van der Waals surface area contributed by atoms with Crippen molar-refractivity contribution < 1.29 is 14.0 Å². The molecule has 0 radical (unpaired) electrons. The van der Waals surface area contributed by atoms with E-state index in [2.05, 4.69) is 10.6 Å². The molecule has 0 aliphatic rings. The summed E-state index contributed by atoms with van der Waals surface area (Å²) >= 11 is 1.56. The molecule has 4 N–H and O–H groups in total. The van der Waals surface area contributed by atoms with Crippen molar-refractivity contribution in [3.63, 3.8) is 0 Å². The minimum atomic E-state index is -0.750. The van der Waals surface area contributed by atoms with Crippen LogP contribution in [0.4, 0.5) is 14.9 Å². The van der Waals surface area contributed by atoms with Gasteiger partial charge in [-0.2, -0.15) is 11.8 Å². The van der Waals surface area contributed by atoms with Crippen LogP contribution in [-0.2, 0) is 4.79 Å². The molecule has 19 heavy (non-hydrogen) atoms. The molecule has 0 fully saturated rings. The number of thioether (sulfide) groups is 1. The van der Waals surface area contributed by atoms with Gasteiger partial charge in [-0.15, -0.1) is 0 Å². The van der Waals surface area contributed by atoms with Crippen LogP contribution in [0.5, 0.6) is 0 Å². The number of hydrogen-bond acceptors (Lipinski definition) is 3. The van der Waals surface area contributed by atoms with Gasteiger partial charge in [0.1, 0.15) is 11.9 Å². The first-order valence-electron chi connectivity index (χ1n) is 5.64. The summed E-state index contributed by atoms with van der Waals surface area (Å²) in [6.45, 7) is 0. The van der Waals surface area contributed by atoms with Crippen molar-refractivity contribution in [2.75, 3.05) is 17.3 Å². The molecular formula is C12H16FN3O2S. The van der Waals surface area contributed by atoms with Gasteiger partial charge in [-0.1, -0.05) is 0 Å². The number of carbonyl (C=O) groups is 2. The lowest BCUT2D eigenvalue weighted by molar-refractivity contribution is -0.117. The summed E-state index contributed by atoms with van der Waals surface area (Å²) in [7, 11) is 0. The molecule has 0 aliphatic carbocycles. The summed E-state index contributed by atoms with van der Waals surface area (Å²) in [5.41, 5.74) is 5.49. The molecule has 0 saturated carbocycles. The van der Waals surface area contributed by atoms with E-state index in [1.54, 1.807) is 11.8 Å². The van der Waals surface area contributed by atoms with Gasteiger partial charge in [0, 0.05) is 5.69 Å². The lowest BCUT2D eigenvalue weighted by atomic mass is 10.2. The van der Waals surface area contributed by atoms with Crippen LogP contribution >= 0.6 is 11.8 Å². The Morgan fingerprint density at radius 3 is 2.53 bits per heavy atom. The third-order valence-corrected chi connectivity index (χ3v) is 3.00. The molecule has 1 aromatic rings. The normalized spacial score (nSPS) is 11.7. The van der Waals surface area contributed by atoms with Crippen molar-refractivity contribution in [1.82, 2.24) is 5.32 Å². The fourth-order valence-electron chi connectivity index (χ4n) is 1.44. The van der Waals surface area contributed by atoms with E-state index in [9.17, 15) is 14.0 Å². The molecule has 1 rings (SSSR count). The highest BCUT2D eigenvalue weighted by molar-refractivity contribution is 7.98.